The Morgan fingerprint density at radius 3 is 2.62 bits per heavy atom. The molecule has 0 unspecified atom stereocenters. The third-order valence-electron chi connectivity index (χ3n) is 2.85. The van der Waals surface area contributed by atoms with Gasteiger partial charge in [0.15, 0.2) is 0 Å². The molecule has 6 nitrogen and oxygen atoms in total. The second-order valence-electron chi connectivity index (χ2n) is 4.45. The fourth-order valence-corrected chi connectivity index (χ4v) is 1.69. The number of hydrogen-bond donors (Lipinski definition) is 2. The number of phenolic OH excluding ortho intramolecular Hbond substituents is 1. The number of amides is 1. The van der Waals surface area contributed by atoms with Crippen molar-refractivity contribution in [1.29, 1.82) is 0 Å². The van der Waals surface area contributed by atoms with Crippen molar-refractivity contribution in [1.82, 2.24) is 9.99 Å². The van der Waals surface area contributed by atoms with Gasteiger partial charge in [-0.05, 0) is 42.8 Å². The number of nitrogens with one attached hydrogen (secondary N) is 1. The molecule has 0 aliphatic rings. The third kappa shape index (κ3) is 4.04. The summed E-state index contributed by atoms with van der Waals surface area (Å²) in [5.74, 6) is -0.222. The van der Waals surface area contributed by atoms with E-state index in [4.69, 9.17) is 0 Å². The van der Waals surface area contributed by atoms with E-state index in [0.717, 1.165) is 5.56 Å². The van der Waals surface area contributed by atoms with Crippen LogP contribution in [-0.4, -0.2) is 21.3 Å². The first-order chi connectivity index (χ1) is 10.1. The molecule has 0 aliphatic heterocycles. The van der Waals surface area contributed by atoms with Crippen LogP contribution in [-0.2, 0) is 11.3 Å². The van der Waals surface area contributed by atoms with Crippen molar-refractivity contribution in [2.45, 2.75) is 13.5 Å². The average molecular weight is 285 g/mol. The first-order valence-corrected chi connectivity index (χ1v) is 6.34. The molecule has 0 aliphatic carbocycles. The van der Waals surface area contributed by atoms with Crippen molar-refractivity contribution in [2.75, 3.05) is 0 Å². The van der Waals surface area contributed by atoms with E-state index in [1.54, 1.807) is 49.5 Å². The molecule has 108 valence electrons. The molecule has 1 aromatic heterocycles. The zero-order chi connectivity index (χ0) is 15.2. The van der Waals surface area contributed by atoms with E-state index in [1.165, 1.54) is 10.6 Å². The molecule has 2 N–H and O–H groups in total. The van der Waals surface area contributed by atoms with Gasteiger partial charge in [0.05, 0.1) is 5.71 Å². The lowest BCUT2D eigenvalue weighted by Crippen LogP contribution is -2.29. The Hall–Kier alpha value is -2.89. The summed E-state index contributed by atoms with van der Waals surface area (Å²) in [6.07, 6.45) is 1.54. The van der Waals surface area contributed by atoms with Crippen molar-refractivity contribution < 1.29 is 9.90 Å². The summed E-state index contributed by atoms with van der Waals surface area (Å²) in [5, 5.41) is 13.2. The van der Waals surface area contributed by atoms with Gasteiger partial charge in [0.25, 0.3) is 11.5 Å². The van der Waals surface area contributed by atoms with E-state index in [0.29, 0.717) is 5.71 Å². The van der Waals surface area contributed by atoms with Crippen LogP contribution in [0.25, 0.3) is 0 Å². The normalized spacial score (nSPS) is 11.2. The molecular weight excluding hydrogens is 270 g/mol. The number of aromatic hydroxyl groups is 1. The van der Waals surface area contributed by atoms with Crippen molar-refractivity contribution in [2.24, 2.45) is 5.10 Å². The van der Waals surface area contributed by atoms with Crippen LogP contribution >= 0.6 is 0 Å². The lowest BCUT2D eigenvalue weighted by molar-refractivity contribution is -0.121. The highest BCUT2D eigenvalue weighted by Gasteiger charge is 2.03. The molecule has 0 bridgehead atoms. The van der Waals surface area contributed by atoms with E-state index in [1.807, 2.05) is 0 Å². The quantitative estimate of drug-likeness (QED) is 0.651. The predicted molar refractivity (Wildman–Crippen MR) is 79.2 cm³/mol. The molecule has 0 saturated heterocycles. The van der Waals surface area contributed by atoms with Gasteiger partial charge >= 0.3 is 0 Å². The molecule has 0 atom stereocenters. The number of carbonyl (C=O) groups is 1. The number of phenols is 1. The monoisotopic (exact) mass is 285 g/mol. The van der Waals surface area contributed by atoms with Gasteiger partial charge in [0.1, 0.15) is 12.3 Å². The first kappa shape index (κ1) is 14.5. The van der Waals surface area contributed by atoms with E-state index >= 15 is 0 Å². The molecule has 0 radical (unpaired) electrons. The Bertz CT molecular complexity index is 717. The van der Waals surface area contributed by atoms with Gasteiger partial charge in [0, 0.05) is 12.3 Å². The zero-order valence-electron chi connectivity index (χ0n) is 11.5. The fourth-order valence-electron chi connectivity index (χ4n) is 1.69. The number of hydrazone groups is 1. The van der Waals surface area contributed by atoms with Crippen molar-refractivity contribution >= 4 is 11.6 Å². The Morgan fingerprint density at radius 2 is 1.95 bits per heavy atom. The second kappa shape index (κ2) is 6.51. The Labute approximate surface area is 121 Å². The Balaban J connectivity index is 2.00. The van der Waals surface area contributed by atoms with Crippen LogP contribution < -0.4 is 11.0 Å². The highest BCUT2D eigenvalue weighted by atomic mass is 16.3. The molecule has 0 fully saturated rings. The van der Waals surface area contributed by atoms with Crippen molar-refractivity contribution in [3.8, 4) is 5.75 Å². The van der Waals surface area contributed by atoms with Gasteiger partial charge in [-0.3, -0.25) is 9.59 Å². The summed E-state index contributed by atoms with van der Waals surface area (Å²) in [7, 11) is 0. The molecule has 0 saturated carbocycles. The maximum Gasteiger partial charge on any atom is 0.260 e. The maximum absolute atomic E-state index is 11.7. The molecule has 0 spiro atoms. The molecular formula is C15H15N3O3. The topological polar surface area (TPSA) is 83.7 Å². The molecule has 2 rings (SSSR count). The molecule has 2 aromatic rings. The summed E-state index contributed by atoms with van der Waals surface area (Å²) in [5.41, 5.74) is 3.54. The number of pyridine rings is 1. The first-order valence-electron chi connectivity index (χ1n) is 6.34. The van der Waals surface area contributed by atoms with Crippen LogP contribution in [0.1, 0.15) is 12.5 Å². The smallest absolute Gasteiger partial charge is 0.260 e. The van der Waals surface area contributed by atoms with Crippen LogP contribution in [0.5, 0.6) is 5.75 Å². The van der Waals surface area contributed by atoms with Crippen molar-refractivity contribution in [3.63, 3.8) is 0 Å². The standard InChI is InChI=1S/C15H15N3O3/c1-11(12-5-7-13(19)8-6-12)16-17-14(20)10-18-9-3-2-4-15(18)21/h2-9,19H,10H2,1H3,(H,17,20)/b16-11+. The zero-order valence-corrected chi connectivity index (χ0v) is 11.5. The highest BCUT2D eigenvalue weighted by Crippen LogP contribution is 2.10. The van der Waals surface area contributed by atoms with Gasteiger partial charge in [-0.15, -0.1) is 0 Å². The van der Waals surface area contributed by atoms with Crippen LogP contribution in [0.2, 0.25) is 0 Å². The maximum atomic E-state index is 11.7. The summed E-state index contributed by atoms with van der Waals surface area (Å²) >= 11 is 0. The van der Waals surface area contributed by atoms with E-state index in [9.17, 15) is 14.7 Å². The third-order valence-corrected chi connectivity index (χ3v) is 2.85. The minimum atomic E-state index is -0.388. The van der Waals surface area contributed by atoms with E-state index in [2.05, 4.69) is 10.5 Å². The molecule has 1 heterocycles. The number of carbonyl (C=O) groups excluding carboxylic acids is 1. The van der Waals surface area contributed by atoms with Gasteiger partial charge < -0.3 is 9.67 Å². The van der Waals surface area contributed by atoms with Gasteiger partial charge in [0.2, 0.25) is 0 Å². The molecule has 21 heavy (non-hydrogen) atoms. The van der Waals surface area contributed by atoms with Gasteiger partial charge in [-0.1, -0.05) is 6.07 Å². The summed E-state index contributed by atoms with van der Waals surface area (Å²) in [6, 6.07) is 11.2. The highest BCUT2D eigenvalue weighted by molar-refractivity contribution is 5.99. The lowest BCUT2D eigenvalue weighted by Gasteiger charge is -2.05. The molecule has 1 amide bonds. The van der Waals surface area contributed by atoms with Gasteiger partial charge in [-0.25, -0.2) is 5.43 Å². The lowest BCUT2D eigenvalue weighted by atomic mass is 10.1. The molecule has 6 heteroatoms. The van der Waals surface area contributed by atoms with E-state index in [-0.39, 0.29) is 23.8 Å². The number of nitrogens with zero attached hydrogens (tertiary/aromatic N) is 2. The van der Waals surface area contributed by atoms with E-state index < -0.39 is 0 Å². The van der Waals surface area contributed by atoms with Crippen LogP contribution in [0.4, 0.5) is 0 Å². The molecule has 1 aromatic carbocycles. The summed E-state index contributed by atoms with van der Waals surface area (Å²) < 4.78 is 1.29. The average Bonchev–Trinajstić information content (AvgIpc) is 2.48. The van der Waals surface area contributed by atoms with Crippen molar-refractivity contribution in [3.05, 3.63) is 64.6 Å². The van der Waals surface area contributed by atoms with Crippen LogP contribution in [0.15, 0.2) is 58.6 Å². The summed E-state index contributed by atoms with van der Waals surface area (Å²) in [6.45, 7) is 1.65. The Morgan fingerprint density at radius 1 is 1.24 bits per heavy atom. The number of rotatable bonds is 4. The minimum absolute atomic E-state index is 0.0912. The van der Waals surface area contributed by atoms with Crippen LogP contribution in [0.3, 0.4) is 0 Å². The van der Waals surface area contributed by atoms with Crippen LogP contribution in [0, 0.1) is 0 Å². The number of hydrogen-bond acceptors (Lipinski definition) is 4. The number of benzene rings is 1. The largest absolute Gasteiger partial charge is 0.508 e. The number of aromatic nitrogens is 1. The SMILES string of the molecule is C/C(=N\NC(=O)Cn1ccccc1=O)c1ccc(O)cc1. The fraction of sp³-hybridized carbons (Fsp3) is 0.133. The predicted octanol–water partition coefficient (Wildman–Crippen LogP) is 1.09. The van der Waals surface area contributed by atoms with Gasteiger partial charge in [-0.2, -0.15) is 5.10 Å². The second-order valence-corrected chi connectivity index (χ2v) is 4.45. The Kier molecular flexibility index (Phi) is 4.50. The summed E-state index contributed by atoms with van der Waals surface area (Å²) in [4.78, 5) is 23.2. The minimum Gasteiger partial charge on any atom is -0.508 e.